The fraction of sp³-hybridized carbons (Fsp3) is 0.917. The van der Waals surface area contributed by atoms with Crippen LogP contribution in [0.15, 0.2) is 0 Å². The van der Waals surface area contributed by atoms with Gasteiger partial charge in [-0.05, 0) is 20.8 Å². The Morgan fingerprint density at radius 3 is 2.38 bits per heavy atom. The van der Waals surface area contributed by atoms with Crippen LogP contribution in [-0.2, 0) is 14.8 Å². The van der Waals surface area contributed by atoms with Crippen molar-refractivity contribution in [3.63, 3.8) is 0 Å². The SMILES string of the molecule is CC(C)(C)OC(=O)N1C[C@H](F)[C@H](NS(=O)(=O)C2(F)CC2)C1. The molecule has 122 valence electrons. The maximum absolute atomic E-state index is 13.9. The molecule has 1 N–H and O–H groups in total. The predicted molar refractivity (Wildman–Crippen MR) is 71.6 cm³/mol. The first-order valence-corrected chi connectivity index (χ1v) is 8.25. The summed E-state index contributed by atoms with van der Waals surface area (Å²) in [5.41, 5.74) is -0.725. The maximum Gasteiger partial charge on any atom is 0.410 e. The maximum atomic E-state index is 13.9. The number of hydrogen-bond acceptors (Lipinski definition) is 4. The fourth-order valence-electron chi connectivity index (χ4n) is 2.02. The van der Waals surface area contributed by atoms with E-state index < -0.39 is 38.9 Å². The first-order chi connectivity index (χ1) is 9.44. The highest BCUT2D eigenvalue weighted by molar-refractivity contribution is 7.91. The molecule has 1 aliphatic heterocycles. The van der Waals surface area contributed by atoms with Gasteiger partial charge in [-0.25, -0.2) is 26.7 Å². The van der Waals surface area contributed by atoms with Gasteiger partial charge in [0.25, 0.3) is 0 Å². The molecule has 0 aromatic heterocycles. The molecule has 6 nitrogen and oxygen atoms in total. The van der Waals surface area contributed by atoms with Gasteiger partial charge in [0.1, 0.15) is 11.8 Å². The third-order valence-corrected chi connectivity index (χ3v) is 5.32. The van der Waals surface area contributed by atoms with Crippen molar-refractivity contribution in [2.24, 2.45) is 0 Å². The molecular formula is C12H20F2N2O4S. The van der Waals surface area contributed by atoms with Gasteiger partial charge in [0.2, 0.25) is 15.0 Å². The number of nitrogens with zero attached hydrogens (tertiary/aromatic N) is 1. The Hall–Kier alpha value is -0.960. The van der Waals surface area contributed by atoms with Crippen molar-refractivity contribution in [1.82, 2.24) is 9.62 Å². The van der Waals surface area contributed by atoms with E-state index in [2.05, 4.69) is 0 Å². The Kier molecular flexibility index (Phi) is 3.94. The minimum absolute atomic E-state index is 0.0816. The standard InChI is InChI=1S/C12H20F2N2O4S/c1-11(2,3)20-10(17)16-6-8(13)9(7-16)15-21(18,19)12(14)4-5-12/h8-9,15H,4-7H2,1-3H3/t8-,9+/m0/s1. The molecule has 9 heteroatoms. The molecule has 0 bridgehead atoms. The first-order valence-electron chi connectivity index (χ1n) is 6.76. The second-order valence-corrected chi connectivity index (χ2v) is 8.49. The summed E-state index contributed by atoms with van der Waals surface area (Å²) >= 11 is 0. The summed E-state index contributed by atoms with van der Waals surface area (Å²) in [5.74, 6) is 0. The van der Waals surface area contributed by atoms with Crippen LogP contribution in [0.2, 0.25) is 0 Å². The van der Waals surface area contributed by atoms with Gasteiger partial charge in [0, 0.05) is 19.4 Å². The van der Waals surface area contributed by atoms with Crippen molar-refractivity contribution in [2.75, 3.05) is 13.1 Å². The van der Waals surface area contributed by atoms with E-state index in [4.69, 9.17) is 4.74 Å². The molecular weight excluding hydrogens is 306 g/mol. The second kappa shape index (κ2) is 5.05. The van der Waals surface area contributed by atoms with Gasteiger partial charge in [-0.1, -0.05) is 0 Å². The molecule has 0 aromatic rings. The number of halogens is 2. The monoisotopic (exact) mass is 326 g/mol. The number of rotatable bonds is 3. The Balaban J connectivity index is 1.97. The topological polar surface area (TPSA) is 75.7 Å². The number of carbonyl (C=O) groups excluding carboxylic acids is 1. The lowest BCUT2D eigenvalue weighted by Crippen LogP contribution is -2.45. The lowest BCUT2D eigenvalue weighted by Gasteiger charge is -2.24. The van der Waals surface area contributed by atoms with E-state index >= 15 is 0 Å². The van der Waals surface area contributed by atoms with E-state index in [-0.39, 0.29) is 25.9 Å². The van der Waals surface area contributed by atoms with Gasteiger partial charge in [0.15, 0.2) is 0 Å². The minimum Gasteiger partial charge on any atom is -0.444 e. The molecule has 2 aliphatic rings. The number of hydrogen-bond donors (Lipinski definition) is 1. The Labute approximate surface area is 122 Å². The largest absolute Gasteiger partial charge is 0.444 e. The number of likely N-dealkylation sites (tertiary alicyclic amines) is 1. The number of sulfonamides is 1. The van der Waals surface area contributed by atoms with Gasteiger partial charge < -0.3 is 9.64 Å². The average Bonchev–Trinajstić information content (AvgIpc) is 2.95. The highest BCUT2D eigenvalue weighted by Crippen LogP contribution is 2.44. The molecule has 2 fully saturated rings. The molecule has 0 unspecified atom stereocenters. The Morgan fingerprint density at radius 1 is 1.33 bits per heavy atom. The molecule has 0 spiro atoms. The molecule has 1 heterocycles. The van der Waals surface area contributed by atoms with E-state index in [0.717, 1.165) is 4.90 Å². The summed E-state index contributed by atoms with van der Waals surface area (Å²) in [6.45, 7) is 4.57. The van der Waals surface area contributed by atoms with Crippen LogP contribution in [-0.4, -0.2) is 55.3 Å². The van der Waals surface area contributed by atoms with Gasteiger partial charge in [-0.15, -0.1) is 0 Å². The predicted octanol–water partition coefficient (Wildman–Crippen LogP) is 1.32. The van der Waals surface area contributed by atoms with Gasteiger partial charge in [0.05, 0.1) is 12.6 Å². The van der Waals surface area contributed by atoms with E-state index in [0.29, 0.717) is 0 Å². The van der Waals surface area contributed by atoms with Crippen LogP contribution in [0.1, 0.15) is 33.6 Å². The van der Waals surface area contributed by atoms with Crippen molar-refractivity contribution >= 4 is 16.1 Å². The fourth-order valence-corrected chi connectivity index (χ4v) is 3.49. The van der Waals surface area contributed by atoms with Crippen molar-refractivity contribution in [2.45, 2.75) is 56.4 Å². The Morgan fingerprint density at radius 2 is 1.90 bits per heavy atom. The van der Waals surface area contributed by atoms with Crippen LogP contribution >= 0.6 is 0 Å². The molecule has 1 saturated heterocycles. The minimum atomic E-state index is -4.22. The summed E-state index contributed by atoms with van der Waals surface area (Å²) in [6.07, 6.45) is -2.47. The molecule has 1 aliphatic carbocycles. The van der Waals surface area contributed by atoms with Crippen molar-refractivity contribution < 1.29 is 26.7 Å². The summed E-state index contributed by atoms with van der Waals surface area (Å²) in [5, 5.41) is -2.29. The number of ether oxygens (including phenoxy) is 1. The zero-order valence-electron chi connectivity index (χ0n) is 12.2. The third kappa shape index (κ3) is 3.63. The quantitative estimate of drug-likeness (QED) is 0.849. The summed E-state index contributed by atoms with van der Waals surface area (Å²) in [4.78, 5) is 12.9. The summed E-state index contributed by atoms with van der Waals surface area (Å²) in [6, 6.07) is -1.14. The van der Waals surface area contributed by atoms with Crippen molar-refractivity contribution in [3.05, 3.63) is 0 Å². The molecule has 21 heavy (non-hydrogen) atoms. The smallest absolute Gasteiger partial charge is 0.410 e. The number of carbonyl (C=O) groups is 1. The summed E-state index contributed by atoms with van der Waals surface area (Å²) < 4.78 is 58.1. The third-order valence-electron chi connectivity index (χ3n) is 3.33. The zero-order valence-corrected chi connectivity index (χ0v) is 13.0. The van der Waals surface area contributed by atoms with Crippen molar-refractivity contribution in [1.29, 1.82) is 0 Å². The van der Waals surface area contributed by atoms with Crippen LogP contribution < -0.4 is 4.72 Å². The number of nitrogens with one attached hydrogen (secondary N) is 1. The van der Waals surface area contributed by atoms with Gasteiger partial charge in [-0.2, -0.15) is 0 Å². The average molecular weight is 326 g/mol. The molecule has 1 amide bonds. The van der Waals surface area contributed by atoms with E-state index in [9.17, 15) is 22.0 Å². The van der Waals surface area contributed by atoms with E-state index in [1.54, 1.807) is 20.8 Å². The van der Waals surface area contributed by atoms with Crippen LogP contribution in [0.25, 0.3) is 0 Å². The van der Waals surface area contributed by atoms with Crippen LogP contribution in [0.5, 0.6) is 0 Å². The molecule has 0 radical (unpaired) electrons. The molecule has 1 saturated carbocycles. The number of alkyl halides is 2. The van der Waals surface area contributed by atoms with Crippen LogP contribution in [0.3, 0.4) is 0 Å². The summed E-state index contributed by atoms with van der Waals surface area (Å²) in [7, 11) is -4.22. The first kappa shape index (κ1) is 16.4. The van der Waals surface area contributed by atoms with Gasteiger partial charge >= 0.3 is 6.09 Å². The van der Waals surface area contributed by atoms with Crippen LogP contribution in [0.4, 0.5) is 13.6 Å². The highest BCUT2D eigenvalue weighted by Gasteiger charge is 2.57. The van der Waals surface area contributed by atoms with Crippen LogP contribution in [0, 0.1) is 0 Å². The Bertz CT molecular complexity index is 528. The van der Waals surface area contributed by atoms with E-state index in [1.165, 1.54) is 0 Å². The highest BCUT2D eigenvalue weighted by atomic mass is 32.2. The normalized spacial score (nSPS) is 28.5. The molecule has 2 atom stereocenters. The second-order valence-electron chi connectivity index (χ2n) is 6.51. The molecule has 0 aromatic carbocycles. The number of amides is 1. The zero-order chi connectivity index (χ0) is 16.1. The molecule has 2 rings (SSSR count). The van der Waals surface area contributed by atoms with Crippen molar-refractivity contribution in [3.8, 4) is 0 Å². The van der Waals surface area contributed by atoms with E-state index in [1.807, 2.05) is 4.72 Å². The lowest BCUT2D eigenvalue weighted by molar-refractivity contribution is 0.0282. The lowest BCUT2D eigenvalue weighted by atomic mass is 10.2. The van der Waals surface area contributed by atoms with Gasteiger partial charge in [-0.3, -0.25) is 0 Å².